The number of aromatic nitrogens is 3. The summed E-state index contributed by atoms with van der Waals surface area (Å²) in [5, 5.41) is 10.1. The van der Waals surface area contributed by atoms with Gasteiger partial charge in [0.2, 0.25) is 5.82 Å². The van der Waals surface area contributed by atoms with Gasteiger partial charge in [0.05, 0.1) is 0 Å². The summed E-state index contributed by atoms with van der Waals surface area (Å²) in [5.74, 6) is 1.53. The van der Waals surface area contributed by atoms with E-state index in [0.717, 1.165) is 19.6 Å². The Balaban J connectivity index is 1.71. The highest BCUT2D eigenvalue weighted by atomic mass is 16.2. The van der Waals surface area contributed by atoms with E-state index in [9.17, 15) is 4.79 Å². The molecule has 6 heteroatoms. The van der Waals surface area contributed by atoms with Crippen LogP contribution in [0.3, 0.4) is 0 Å². The lowest BCUT2D eigenvalue weighted by Crippen LogP contribution is -2.41. The molecule has 2 N–H and O–H groups in total. The number of aryl methyl sites for hydroxylation is 1. The van der Waals surface area contributed by atoms with E-state index in [2.05, 4.69) is 20.5 Å². The predicted molar refractivity (Wildman–Crippen MR) is 61.5 cm³/mol. The first-order valence-electron chi connectivity index (χ1n) is 6.15. The molecule has 0 bridgehead atoms. The molecular weight excluding hydrogens is 218 g/mol. The molecule has 2 aliphatic heterocycles. The first kappa shape index (κ1) is 10.7. The molecule has 2 atom stereocenters. The first-order valence-corrected chi connectivity index (χ1v) is 6.15. The van der Waals surface area contributed by atoms with Gasteiger partial charge in [-0.1, -0.05) is 0 Å². The van der Waals surface area contributed by atoms with Crippen molar-refractivity contribution in [2.75, 3.05) is 19.6 Å². The van der Waals surface area contributed by atoms with Crippen LogP contribution < -0.4 is 5.32 Å². The highest BCUT2D eigenvalue weighted by Gasteiger charge is 2.37. The van der Waals surface area contributed by atoms with Crippen LogP contribution in [0.1, 0.15) is 29.3 Å². The molecule has 2 saturated heterocycles. The largest absolute Gasteiger partial charge is 0.334 e. The molecule has 1 aromatic heterocycles. The van der Waals surface area contributed by atoms with Gasteiger partial charge in [0, 0.05) is 19.1 Å². The van der Waals surface area contributed by atoms with E-state index >= 15 is 0 Å². The van der Waals surface area contributed by atoms with Gasteiger partial charge in [-0.15, -0.1) is 5.10 Å². The zero-order valence-corrected chi connectivity index (χ0v) is 9.94. The Labute approximate surface area is 99.8 Å². The molecule has 0 spiro atoms. The molecule has 0 saturated carbocycles. The fraction of sp³-hybridized carbons (Fsp3) is 0.727. The van der Waals surface area contributed by atoms with Crippen molar-refractivity contribution in [1.82, 2.24) is 25.4 Å². The first-order chi connectivity index (χ1) is 8.24. The zero-order valence-electron chi connectivity index (χ0n) is 9.94. The Kier molecular flexibility index (Phi) is 2.58. The minimum absolute atomic E-state index is 0.0504. The summed E-state index contributed by atoms with van der Waals surface area (Å²) in [7, 11) is 0. The van der Waals surface area contributed by atoms with E-state index in [1.165, 1.54) is 12.8 Å². The third kappa shape index (κ3) is 1.93. The van der Waals surface area contributed by atoms with Crippen LogP contribution in [-0.4, -0.2) is 51.7 Å². The molecule has 3 rings (SSSR count). The van der Waals surface area contributed by atoms with Gasteiger partial charge < -0.3 is 10.2 Å². The van der Waals surface area contributed by atoms with Crippen molar-refractivity contribution in [1.29, 1.82) is 0 Å². The van der Waals surface area contributed by atoms with Gasteiger partial charge >= 0.3 is 0 Å². The number of hydrogen-bond acceptors (Lipinski definition) is 4. The maximum atomic E-state index is 12.2. The Hall–Kier alpha value is -1.43. The van der Waals surface area contributed by atoms with Gasteiger partial charge in [-0.25, -0.2) is 4.98 Å². The second-order valence-corrected chi connectivity index (χ2v) is 4.92. The smallest absolute Gasteiger partial charge is 0.293 e. The van der Waals surface area contributed by atoms with Crippen molar-refractivity contribution < 1.29 is 4.79 Å². The van der Waals surface area contributed by atoms with Gasteiger partial charge in [0.25, 0.3) is 5.91 Å². The second kappa shape index (κ2) is 4.10. The van der Waals surface area contributed by atoms with Gasteiger partial charge in [-0.3, -0.25) is 9.89 Å². The maximum absolute atomic E-state index is 12.2. The predicted octanol–water partition coefficient (Wildman–Crippen LogP) is -0.0629. The summed E-state index contributed by atoms with van der Waals surface area (Å²) >= 11 is 0. The van der Waals surface area contributed by atoms with E-state index in [1.54, 1.807) is 6.92 Å². The van der Waals surface area contributed by atoms with Crippen LogP contribution in [-0.2, 0) is 0 Å². The lowest BCUT2D eigenvalue weighted by molar-refractivity contribution is 0.0774. The summed E-state index contributed by atoms with van der Waals surface area (Å²) in [6, 6.07) is 0.465. The number of piperidine rings is 1. The number of aromatic amines is 1. The highest BCUT2D eigenvalue weighted by molar-refractivity contribution is 5.90. The molecule has 2 aliphatic rings. The van der Waals surface area contributed by atoms with Crippen LogP contribution in [0, 0.1) is 12.8 Å². The van der Waals surface area contributed by atoms with Crippen LogP contribution in [0.5, 0.6) is 0 Å². The summed E-state index contributed by atoms with van der Waals surface area (Å²) in [5.41, 5.74) is 0. The number of rotatable bonds is 1. The Morgan fingerprint density at radius 3 is 3.06 bits per heavy atom. The lowest BCUT2D eigenvalue weighted by atomic mass is 9.94. The van der Waals surface area contributed by atoms with Crippen LogP contribution in [0.25, 0.3) is 0 Å². The highest BCUT2D eigenvalue weighted by Crippen LogP contribution is 2.25. The number of fused-ring (bicyclic) bond motifs is 1. The molecule has 2 fully saturated rings. The number of carbonyl (C=O) groups is 1. The molecule has 6 nitrogen and oxygen atoms in total. The van der Waals surface area contributed by atoms with Crippen molar-refractivity contribution >= 4 is 5.91 Å². The number of nitrogens with zero attached hydrogens (tertiary/aromatic N) is 3. The Morgan fingerprint density at radius 2 is 2.35 bits per heavy atom. The molecule has 92 valence electrons. The molecule has 0 aliphatic carbocycles. The zero-order chi connectivity index (χ0) is 11.8. The minimum Gasteiger partial charge on any atom is -0.334 e. The number of carbonyl (C=O) groups excluding carboxylic acids is 1. The normalized spacial score (nSPS) is 28.2. The van der Waals surface area contributed by atoms with E-state index < -0.39 is 0 Å². The van der Waals surface area contributed by atoms with Crippen LogP contribution in [0.2, 0.25) is 0 Å². The number of H-pyrrole nitrogens is 1. The van der Waals surface area contributed by atoms with Crippen molar-refractivity contribution in [3.05, 3.63) is 11.6 Å². The van der Waals surface area contributed by atoms with Crippen molar-refractivity contribution in [2.45, 2.75) is 25.8 Å². The molecule has 0 unspecified atom stereocenters. The second-order valence-electron chi connectivity index (χ2n) is 4.92. The monoisotopic (exact) mass is 235 g/mol. The average molecular weight is 235 g/mol. The fourth-order valence-electron chi connectivity index (χ4n) is 2.79. The molecule has 1 amide bonds. The molecule has 0 radical (unpaired) electrons. The summed E-state index contributed by atoms with van der Waals surface area (Å²) in [4.78, 5) is 18.1. The van der Waals surface area contributed by atoms with Crippen LogP contribution in [0.4, 0.5) is 0 Å². The molecular formula is C11H17N5O. The molecule has 17 heavy (non-hydrogen) atoms. The van der Waals surface area contributed by atoms with E-state index in [0.29, 0.717) is 23.6 Å². The lowest BCUT2D eigenvalue weighted by Gasteiger charge is -2.24. The van der Waals surface area contributed by atoms with Gasteiger partial charge in [-0.2, -0.15) is 0 Å². The van der Waals surface area contributed by atoms with Gasteiger partial charge in [-0.05, 0) is 32.2 Å². The standard InChI is InChI=1S/C11H17N5O/c1-7-13-10(15-14-7)11(17)16-5-8-3-2-4-12-9(8)6-16/h8-9,12H,2-6H2,1H3,(H,13,14,15)/t8-,9+/m0/s1. The molecule has 1 aromatic rings. The Bertz CT molecular complexity index is 415. The van der Waals surface area contributed by atoms with Crippen molar-refractivity contribution in [2.24, 2.45) is 5.92 Å². The number of amides is 1. The van der Waals surface area contributed by atoms with E-state index in [4.69, 9.17) is 0 Å². The van der Waals surface area contributed by atoms with E-state index in [-0.39, 0.29) is 5.91 Å². The summed E-state index contributed by atoms with van der Waals surface area (Å²) in [6.45, 7) is 4.50. The third-order valence-corrected chi connectivity index (χ3v) is 3.67. The Morgan fingerprint density at radius 1 is 1.47 bits per heavy atom. The average Bonchev–Trinajstić information content (AvgIpc) is 2.93. The van der Waals surface area contributed by atoms with Crippen molar-refractivity contribution in [3.63, 3.8) is 0 Å². The minimum atomic E-state index is -0.0504. The summed E-state index contributed by atoms with van der Waals surface area (Å²) in [6.07, 6.45) is 2.43. The van der Waals surface area contributed by atoms with Crippen LogP contribution in [0.15, 0.2) is 0 Å². The molecule has 3 heterocycles. The third-order valence-electron chi connectivity index (χ3n) is 3.67. The quantitative estimate of drug-likeness (QED) is 0.715. The number of hydrogen-bond donors (Lipinski definition) is 2. The van der Waals surface area contributed by atoms with Crippen molar-refractivity contribution in [3.8, 4) is 0 Å². The summed E-state index contributed by atoms with van der Waals surface area (Å²) < 4.78 is 0. The van der Waals surface area contributed by atoms with Gasteiger partial charge in [0.1, 0.15) is 5.82 Å². The van der Waals surface area contributed by atoms with E-state index in [1.807, 2.05) is 4.90 Å². The topological polar surface area (TPSA) is 73.9 Å². The van der Waals surface area contributed by atoms with Gasteiger partial charge in [0.15, 0.2) is 0 Å². The maximum Gasteiger partial charge on any atom is 0.293 e. The molecule has 0 aromatic carbocycles. The van der Waals surface area contributed by atoms with Crippen LogP contribution >= 0.6 is 0 Å². The number of likely N-dealkylation sites (tertiary alicyclic amines) is 1. The SMILES string of the molecule is Cc1nc(C(=O)N2C[C@@H]3CCCN[C@@H]3C2)n[nH]1. The number of nitrogens with one attached hydrogen (secondary N) is 2. The fourth-order valence-corrected chi connectivity index (χ4v) is 2.79.